The Labute approximate surface area is 375 Å². The van der Waals surface area contributed by atoms with Crippen LogP contribution in [0.4, 0.5) is 17.1 Å². The molecule has 3 aliphatic rings. The highest BCUT2D eigenvalue weighted by Crippen LogP contribution is 2.60. The van der Waals surface area contributed by atoms with Crippen molar-refractivity contribution in [1.82, 2.24) is 0 Å². The zero-order valence-corrected chi connectivity index (χ0v) is 39.7. The summed E-state index contributed by atoms with van der Waals surface area (Å²) in [5.41, 5.74) is 26.5. The van der Waals surface area contributed by atoms with Gasteiger partial charge in [-0.25, -0.2) is 0 Å². The fourth-order valence-electron chi connectivity index (χ4n) is 11.6. The van der Waals surface area contributed by atoms with E-state index in [1.807, 2.05) is 0 Å². The molecule has 0 aromatic heterocycles. The van der Waals surface area contributed by atoms with E-state index in [0.717, 1.165) is 25.7 Å². The van der Waals surface area contributed by atoms with Crippen LogP contribution in [0.15, 0.2) is 103 Å². The highest BCUT2D eigenvalue weighted by Gasteiger charge is 2.43. The number of benzene rings is 6. The lowest BCUT2D eigenvalue weighted by atomic mass is 9.80. The van der Waals surface area contributed by atoms with Crippen LogP contribution >= 0.6 is 0 Å². The highest BCUT2D eigenvalue weighted by molar-refractivity contribution is 6.01. The number of hydrogen-bond acceptors (Lipinski definition) is 1. The largest absolute Gasteiger partial charge is 0.309 e. The van der Waals surface area contributed by atoms with Crippen LogP contribution in [-0.2, 0) is 41.9 Å². The van der Waals surface area contributed by atoms with Crippen molar-refractivity contribution in [1.29, 1.82) is 0 Å². The summed E-state index contributed by atoms with van der Waals surface area (Å²) in [6.07, 6.45) is 14.0. The predicted molar refractivity (Wildman–Crippen MR) is 268 cm³/mol. The van der Waals surface area contributed by atoms with E-state index in [9.17, 15) is 0 Å². The second-order valence-corrected chi connectivity index (χ2v) is 20.7. The van der Waals surface area contributed by atoms with Gasteiger partial charge in [-0.3, -0.25) is 0 Å². The van der Waals surface area contributed by atoms with E-state index in [4.69, 9.17) is 0 Å². The second kappa shape index (κ2) is 16.3. The molecule has 0 unspecified atom stereocenters. The SMILES string of the molecule is CCCCc1ccc2c(c1)C(C)(C)c1cc(CCCC)cc(N(c3ccc4c(c3)C(C)(C)c3ccccc3-4)c3cc(CCCC)cc4c3-c3ccc(CCCC)cc3C4(C)C)c1-2. The summed E-state index contributed by atoms with van der Waals surface area (Å²) < 4.78 is 0. The first-order chi connectivity index (χ1) is 29.8. The normalized spacial score (nSPS) is 15.5. The average Bonchev–Trinajstić information content (AvgIpc) is 3.75. The van der Waals surface area contributed by atoms with E-state index >= 15 is 0 Å². The van der Waals surface area contributed by atoms with Gasteiger partial charge in [0.25, 0.3) is 0 Å². The summed E-state index contributed by atoms with van der Waals surface area (Å²) >= 11 is 0. The monoisotopic (exact) mass is 818 g/mol. The maximum atomic E-state index is 2.76. The molecule has 320 valence electrons. The Morgan fingerprint density at radius 1 is 0.355 bits per heavy atom. The first kappa shape index (κ1) is 42.4. The molecule has 0 aliphatic heterocycles. The smallest absolute Gasteiger partial charge is 0.0546 e. The van der Waals surface area contributed by atoms with Crippen molar-refractivity contribution >= 4 is 17.1 Å². The van der Waals surface area contributed by atoms with Crippen LogP contribution in [0.2, 0.25) is 0 Å². The van der Waals surface area contributed by atoms with Gasteiger partial charge in [0.15, 0.2) is 0 Å². The zero-order chi connectivity index (χ0) is 43.6. The molecule has 62 heavy (non-hydrogen) atoms. The standard InChI is InChI=1S/C61H71N/c1-11-15-21-40-27-30-47-50(33-40)60(7,8)53-35-42(23-17-13-3)37-55(57(47)53)62(44-29-32-46-45-25-19-20-26-49(45)59(5,6)52(46)39-44)56-38-43(24-18-14-4)36-54-58(56)48-31-28-41(22-16-12-2)34-51(48)61(54,9)10/h19-20,25-39H,11-18,21-24H2,1-10H3. The summed E-state index contributed by atoms with van der Waals surface area (Å²) in [5.74, 6) is 0. The molecule has 0 fully saturated rings. The lowest BCUT2D eigenvalue weighted by molar-refractivity contribution is 0.656. The number of fused-ring (bicyclic) bond motifs is 9. The molecular formula is C61H71N. The summed E-state index contributed by atoms with van der Waals surface area (Å²) in [4.78, 5) is 2.76. The first-order valence-electron chi connectivity index (χ1n) is 24.5. The Morgan fingerprint density at radius 2 is 0.742 bits per heavy atom. The Morgan fingerprint density at radius 3 is 1.23 bits per heavy atom. The van der Waals surface area contributed by atoms with Crippen molar-refractivity contribution in [3.05, 3.63) is 159 Å². The number of aryl methyl sites for hydroxylation is 4. The number of nitrogens with zero attached hydrogens (tertiary/aromatic N) is 1. The minimum atomic E-state index is -0.120. The van der Waals surface area contributed by atoms with Crippen LogP contribution in [-0.4, -0.2) is 0 Å². The third-order valence-electron chi connectivity index (χ3n) is 15.3. The highest BCUT2D eigenvalue weighted by atomic mass is 15.2. The molecule has 0 bridgehead atoms. The molecule has 0 radical (unpaired) electrons. The molecule has 0 saturated carbocycles. The molecule has 0 N–H and O–H groups in total. The quantitative estimate of drug-likeness (QED) is 0.0998. The van der Waals surface area contributed by atoms with Crippen molar-refractivity contribution in [2.45, 2.75) is 163 Å². The van der Waals surface area contributed by atoms with Gasteiger partial charge in [-0.05, 0) is 154 Å². The van der Waals surface area contributed by atoms with Gasteiger partial charge >= 0.3 is 0 Å². The van der Waals surface area contributed by atoms with Crippen molar-refractivity contribution in [2.24, 2.45) is 0 Å². The minimum absolute atomic E-state index is 0.115. The maximum Gasteiger partial charge on any atom is 0.0546 e. The Bertz CT molecular complexity index is 2530. The Hall–Kier alpha value is -4.88. The van der Waals surface area contributed by atoms with Gasteiger partial charge < -0.3 is 4.90 Å². The molecule has 6 aromatic carbocycles. The average molecular weight is 818 g/mol. The molecule has 0 spiro atoms. The number of anilines is 3. The van der Waals surface area contributed by atoms with Crippen molar-refractivity contribution in [3.63, 3.8) is 0 Å². The van der Waals surface area contributed by atoms with Crippen LogP contribution in [0.1, 0.15) is 176 Å². The summed E-state index contributed by atoms with van der Waals surface area (Å²) in [7, 11) is 0. The molecule has 6 aromatic rings. The van der Waals surface area contributed by atoms with E-state index in [2.05, 4.69) is 177 Å². The molecule has 0 saturated heterocycles. The predicted octanol–water partition coefficient (Wildman–Crippen LogP) is 17.4. The molecular weight excluding hydrogens is 747 g/mol. The van der Waals surface area contributed by atoms with Crippen LogP contribution < -0.4 is 4.90 Å². The van der Waals surface area contributed by atoms with Gasteiger partial charge in [-0.15, -0.1) is 0 Å². The van der Waals surface area contributed by atoms with Crippen LogP contribution in [0, 0.1) is 0 Å². The molecule has 3 aliphatic carbocycles. The first-order valence-corrected chi connectivity index (χ1v) is 24.5. The molecule has 9 rings (SSSR count). The third-order valence-corrected chi connectivity index (χ3v) is 15.3. The lowest BCUT2D eigenvalue weighted by Crippen LogP contribution is -2.19. The second-order valence-electron chi connectivity index (χ2n) is 20.7. The number of hydrogen-bond donors (Lipinski definition) is 0. The van der Waals surface area contributed by atoms with Crippen molar-refractivity contribution in [3.8, 4) is 33.4 Å². The molecule has 1 heteroatoms. The van der Waals surface area contributed by atoms with E-state index in [-0.39, 0.29) is 16.2 Å². The fourth-order valence-corrected chi connectivity index (χ4v) is 11.6. The fraction of sp³-hybridized carbons (Fsp3) is 0.410. The van der Waals surface area contributed by atoms with Gasteiger partial charge in [-0.2, -0.15) is 0 Å². The molecule has 0 amide bonds. The minimum Gasteiger partial charge on any atom is -0.309 e. The summed E-state index contributed by atoms with van der Waals surface area (Å²) in [6, 6.07) is 42.0. The zero-order valence-electron chi connectivity index (χ0n) is 39.7. The summed E-state index contributed by atoms with van der Waals surface area (Å²) in [5, 5.41) is 0. The van der Waals surface area contributed by atoms with Gasteiger partial charge in [0.1, 0.15) is 0 Å². The topological polar surface area (TPSA) is 3.24 Å². The van der Waals surface area contributed by atoms with E-state index in [1.165, 1.54) is 157 Å². The van der Waals surface area contributed by atoms with Gasteiger partial charge in [0.05, 0.1) is 11.4 Å². The lowest BCUT2D eigenvalue weighted by Gasteiger charge is -2.33. The number of rotatable bonds is 15. The number of unbranched alkanes of at least 4 members (excludes halogenated alkanes) is 4. The summed E-state index contributed by atoms with van der Waals surface area (Å²) in [6.45, 7) is 24.1. The van der Waals surface area contributed by atoms with Crippen molar-refractivity contribution < 1.29 is 0 Å². The van der Waals surface area contributed by atoms with Crippen LogP contribution in [0.5, 0.6) is 0 Å². The molecule has 0 heterocycles. The Kier molecular flexibility index (Phi) is 11.2. The molecule has 0 atom stereocenters. The van der Waals surface area contributed by atoms with E-state index in [0.29, 0.717) is 0 Å². The van der Waals surface area contributed by atoms with Gasteiger partial charge in [0.2, 0.25) is 0 Å². The van der Waals surface area contributed by atoms with E-state index in [1.54, 1.807) is 0 Å². The molecule has 1 nitrogen and oxygen atoms in total. The van der Waals surface area contributed by atoms with Crippen molar-refractivity contribution in [2.75, 3.05) is 4.90 Å². The Balaban J connectivity index is 1.38. The van der Waals surface area contributed by atoms with Gasteiger partial charge in [0, 0.05) is 33.1 Å². The van der Waals surface area contributed by atoms with Crippen LogP contribution in [0.25, 0.3) is 33.4 Å². The van der Waals surface area contributed by atoms with Crippen LogP contribution in [0.3, 0.4) is 0 Å². The third kappa shape index (κ3) is 6.89. The maximum absolute atomic E-state index is 2.76. The van der Waals surface area contributed by atoms with Gasteiger partial charge in [-0.1, -0.05) is 174 Å². The van der Waals surface area contributed by atoms with E-state index < -0.39 is 0 Å².